The smallest absolute Gasteiger partial charge is 0.323 e. The lowest BCUT2D eigenvalue weighted by atomic mass is 9.94. The molecule has 0 spiro atoms. The van der Waals surface area contributed by atoms with E-state index in [1.807, 2.05) is 6.07 Å². The average Bonchev–Trinajstić information content (AvgIpc) is 2.63. The van der Waals surface area contributed by atoms with Crippen molar-refractivity contribution >= 4 is 11.9 Å². The molecule has 2 aromatic rings. The Balaban J connectivity index is 1.59. The number of hydrogen-bond acceptors (Lipinski definition) is 7. The number of hydrogen-bond donors (Lipinski definition) is 1. The molecule has 0 saturated carbocycles. The van der Waals surface area contributed by atoms with Crippen molar-refractivity contribution in [2.24, 2.45) is 0 Å². The molecule has 25 heavy (non-hydrogen) atoms. The maximum absolute atomic E-state index is 10.7. The first-order chi connectivity index (χ1) is 12.1. The van der Waals surface area contributed by atoms with Gasteiger partial charge in [0, 0.05) is 55.9 Å². The molecule has 3 rings (SSSR count). The van der Waals surface area contributed by atoms with Crippen LogP contribution in [0.2, 0.25) is 0 Å². The van der Waals surface area contributed by atoms with Crippen LogP contribution in [0.15, 0.2) is 31.0 Å². The Kier molecular flexibility index (Phi) is 5.49. The van der Waals surface area contributed by atoms with Gasteiger partial charge in [-0.05, 0) is 25.5 Å². The fourth-order valence-electron chi connectivity index (χ4n) is 3.14. The van der Waals surface area contributed by atoms with Crippen LogP contribution in [0.3, 0.4) is 0 Å². The highest BCUT2D eigenvalue weighted by Gasteiger charge is 2.22. The lowest BCUT2D eigenvalue weighted by Gasteiger charge is -2.32. The summed E-state index contributed by atoms with van der Waals surface area (Å²) in [7, 11) is 1.67. The van der Waals surface area contributed by atoms with Crippen LogP contribution in [0.5, 0.6) is 0 Å². The summed E-state index contributed by atoms with van der Waals surface area (Å²) in [5, 5.41) is 8.82. The molecule has 0 bridgehead atoms. The van der Waals surface area contributed by atoms with Crippen molar-refractivity contribution in [3.8, 4) is 0 Å². The number of nitrogens with zero attached hydrogens (tertiary/aromatic N) is 6. The summed E-state index contributed by atoms with van der Waals surface area (Å²) in [6, 6.07) is 1.99. The van der Waals surface area contributed by atoms with Gasteiger partial charge in [0.1, 0.15) is 12.9 Å². The van der Waals surface area contributed by atoms with Crippen LogP contribution in [0, 0.1) is 0 Å². The van der Waals surface area contributed by atoms with E-state index in [-0.39, 0.29) is 6.54 Å². The number of aliphatic carboxylic acids is 1. The van der Waals surface area contributed by atoms with Crippen molar-refractivity contribution in [2.75, 3.05) is 31.6 Å². The van der Waals surface area contributed by atoms with Crippen LogP contribution in [-0.4, -0.2) is 62.6 Å². The number of anilines is 1. The maximum Gasteiger partial charge on any atom is 0.323 e. The van der Waals surface area contributed by atoms with Gasteiger partial charge in [-0.25, -0.2) is 19.9 Å². The maximum atomic E-state index is 10.7. The first-order valence-electron chi connectivity index (χ1n) is 8.34. The van der Waals surface area contributed by atoms with Gasteiger partial charge in [-0.1, -0.05) is 0 Å². The molecule has 3 heterocycles. The van der Waals surface area contributed by atoms with Gasteiger partial charge in [0.25, 0.3) is 0 Å². The van der Waals surface area contributed by atoms with Crippen molar-refractivity contribution < 1.29 is 9.90 Å². The first kappa shape index (κ1) is 17.2. The summed E-state index contributed by atoms with van der Waals surface area (Å²) in [4.78, 5) is 31.6. The molecule has 8 nitrogen and oxygen atoms in total. The Bertz CT molecular complexity index is 694. The highest BCUT2D eigenvalue weighted by atomic mass is 16.4. The van der Waals surface area contributed by atoms with Gasteiger partial charge >= 0.3 is 5.97 Å². The fourth-order valence-corrected chi connectivity index (χ4v) is 3.14. The summed E-state index contributed by atoms with van der Waals surface area (Å²) in [5.74, 6) is -0.0541. The van der Waals surface area contributed by atoms with Crippen molar-refractivity contribution in [1.29, 1.82) is 0 Å². The predicted octanol–water partition coefficient (Wildman–Crippen LogP) is 1.17. The second kappa shape index (κ2) is 7.98. The van der Waals surface area contributed by atoms with Crippen LogP contribution in [0.1, 0.15) is 30.0 Å². The molecule has 8 heteroatoms. The number of aromatic nitrogens is 4. The third-order valence-corrected chi connectivity index (χ3v) is 4.34. The number of likely N-dealkylation sites (tertiary alicyclic amines) is 1. The molecule has 2 aromatic heterocycles. The van der Waals surface area contributed by atoms with Crippen molar-refractivity contribution in [1.82, 2.24) is 24.8 Å². The van der Waals surface area contributed by atoms with E-state index in [2.05, 4.69) is 24.8 Å². The monoisotopic (exact) mass is 342 g/mol. The Labute approximate surface area is 146 Å². The van der Waals surface area contributed by atoms with E-state index in [9.17, 15) is 4.79 Å². The summed E-state index contributed by atoms with van der Waals surface area (Å²) in [5.41, 5.74) is 2.12. The number of carboxylic acids is 1. The summed E-state index contributed by atoms with van der Waals surface area (Å²) >= 11 is 0. The summed E-state index contributed by atoms with van der Waals surface area (Å²) < 4.78 is 0. The van der Waals surface area contributed by atoms with Crippen LogP contribution in [0.4, 0.5) is 5.95 Å². The lowest BCUT2D eigenvalue weighted by molar-refractivity contribution is -0.135. The molecule has 1 aliphatic heterocycles. The molecule has 132 valence electrons. The van der Waals surface area contributed by atoms with Gasteiger partial charge in [-0.15, -0.1) is 0 Å². The Morgan fingerprint density at radius 2 is 2.16 bits per heavy atom. The van der Waals surface area contributed by atoms with E-state index in [0.717, 1.165) is 43.7 Å². The number of likely N-dealkylation sites (N-methyl/N-ethyl adjacent to an activating group) is 1. The highest BCUT2D eigenvalue weighted by molar-refractivity contribution is 5.72. The quantitative estimate of drug-likeness (QED) is 0.836. The van der Waals surface area contributed by atoms with Gasteiger partial charge in [0.15, 0.2) is 0 Å². The third-order valence-electron chi connectivity index (χ3n) is 4.34. The van der Waals surface area contributed by atoms with E-state index >= 15 is 0 Å². The Hall–Kier alpha value is -2.61. The molecular weight excluding hydrogens is 320 g/mol. The zero-order chi connectivity index (χ0) is 17.6. The second-order valence-electron chi connectivity index (χ2n) is 6.35. The molecule has 1 aliphatic rings. The van der Waals surface area contributed by atoms with E-state index in [1.165, 1.54) is 4.90 Å². The van der Waals surface area contributed by atoms with Gasteiger partial charge in [-0.2, -0.15) is 0 Å². The van der Waals surface area contributed by atoms with Crippen LogP contribution < -0.4 is 4.90 Å². The molecular formula is C17H22N6O2. The summed E-state index contributed by atoms with van der Waals surface area (Å²) in [6.07, 6.45) is 9.22. The number of carbonyl (C=O) groups is 1. The predicted molar refractivity (Wildman–Crippen MR) is 92.2 cm³/mol. The minimum absolute atomic E-state index is 0.119. The molecule has 1 fully saturated rings. The molecule has 0 aromatic carbocycles. The van der Waals surface area contributed by atoms with Crippen LogP contribution >= 0.6 is 0 Å². The molecule has 1 N–H and O–H groups in total. The molecule has 1 unspecified atom stereocenters. The van der Waals surface area contributed by atoms with E-state index < -0.39 is 5.97 Å². The third kappa shape index (κ3) is 4.69. The minimum atomic E-state index is -0.903. The molecule has 0 amide bonds. The molecule has 0 aliphatic carbocycles. The number of carboxylic acid groups (broad SMARTS) is 1. The van der Waals surface area contributed by atoms with E-state index in [0.29, 0.717) is 11.9 Å². The van der Waals surface area contributed by atoms with Crippen LogP contribution in [0.25, 0.3) is 0 Å². The average molecular weight is 342 g/mol. The SMILES string of the molecule is CN(CC(=O)O)c1ncc(CN2CCCC(c3ccncn3)C2)cn1. The minimum Gasteiger partial charge on any atom is -0.480 e. The topological polar surface area (TPSA) is 95.3 Å². The first-order valence-corrected chi connectivity index (χ1v) is 8.34. The zero-order valence-electron chi connectivity index (χ0n) is 14.2. The largest absolute Gasteiger partial charge is 0.480 e. The van der Waals surface area contributed by atoms with Gasteiger partial charge in [0.05, 0.1) is 0 Å². The summed E-state index contributed by atoms with van der Waals surface area (Å²) in [6.45, 7) is 2.66. The standard InChI is InChI=1S/C17H22N6O2/c1-22(11-16(24)25)17-19-7-13(8-20-17)9-23-6-2-3-14(10-23)15-4-5-18-12-21-15/h4-5,7-8,12,14H,2-3,6,9-11H2,1H3,(H,24,25). The Morgan fingerprint density at radius 1 is 1.36 bits per heavy atom. The van der Waals surface area contributed by atoms with E-state index in [1.54, 1.807) is 32.0 Å². The molecule has 0 radical (unpaired) electrons. The Morgan fingerprint density at radius 3 is 2.84 bits per heavy atom. The van der Waals surface area contributed by atoms with Crippen LogP contribution in [-0.2, 0) is 11.3 Å². The van der Waals surface area contributed by atoms with Crippen molar-refractivity contribution in [3.63, 3.8) is 0 Å². The highest BCUT2D eigenvalue weighted by Crippen LogP contribution is 2.26. The molecule has 1 atom stereocenters. The van der Waals surface area contributed by atoms with Crippen molar-refractivity contribution in [2.45, 2.75) is 25.3 Å². The lowest BCUT2D eigenvalue weighted by Crippen LogP contribution is -2.34. The zero-order valence-corrected chi connectivity index (χ0v) is 14.2. The normalized spacial score (nSPS) is 18.0. The number of rotatable bonds is 6. The van der Waals surface area contributed by atoms with Gasteiger partial charge in [-0.3, -0.25) is 9.69 Å². The fraction of sp³-hybridized carbons (Fsp3) is 0.471. The van der Waals surface area contributed by atoms with E-state index in [4.69, 9.17) is 5.11 Å². The van der Waals surface area contributed by atoms with Gasteiger partial charge < -0.3 is 10.0 Å². The van der Waals surface area contributed by atoms with Gasteiger partial charge in [0.2, 0.25) is 5.95 Å². The molecule has 1 saturated heterocycles. The number of piperidine rings is 1. The van der Waals surface area contributed by atoms with Crippen molar-refractivity contribution in [3.05, 3.63) is 42.2 Å². The second-order valence-corrected chi connectivity index (χ2v) is 6.35.